The molecule has 1 saturated carbocycles. The van der Waals surface area contributed by atoms with Crippen molar-refractivity contribution in [1.82, 2.24) is 19.7 Å². The molecule has 2 heterocycles. The third kappa shape index (κ3) is 2.71. The highest BCUT2D eigenvalue weighted by atomic mass is 15.3. The third-order valence-corrected chi connectivity index (χ3v) is 5.17. The van der Waals surface area contributed by atoms with Crippen molar-refractivity contribution in [1.29, 1.82) is 5.26 Å². The second-order valence-corrected chi connectivity index (χ2v) is 7.50. The number of benzene rings is 1. The van der Waals surface area contributed by atoms with Crippen molar-refractivity contribution in [3.63, 3.8) is 0 Å². The molecule has 1 aromatic heterocycles. The smallest absolute Gasteiger partial charge is 0.147 e. The summed E-state index contributed by atoms with van der Waals surface area (Å²) in [7, 11) is 0. The van der Waals surface area contributed by atoms with Crippen LogP contribution in [0.5, 0.6) is 0 Å². The number of rotatable bonds is 4. The molecule has 0 atom stereocenters. The first-order chi connectivity index (χ1) is 11.6. The van der Waals surface area contributed by atoms with E-state index in [1.165, 1.54) is 24.2 Å². The standard InChI is InChI=1S/C19H23N5/c1-19(2,13-20)16-6-4-3-5-15(16)11-23-9-10-24-17(12-23)21-22-18(24)14-7-8-14/h3-6,14H,7-12H2,1-2H3. The lowest BCUT2D eigenvalue weighted by atomic mass is 9.83. The Hall–Kier alpha value is -2.19. The van der Waals surface area contributed by atoms with Crippen molar-refractivity contribution in [2.45, 2.75) is 57.7 Å². The van der Waals surface area contributed by atoms with Crippen LogP contribution in [0.25, 0.3) is 0 Å². The number of fused-ring (bicyclic) bond motifs is 1. The van der Waals surface area contributed by atoms with Crippen molar-refractivity contribution >= 4 is 0 Å². The Kier molecular flexibility index (Phi) is 3.65. The van der Waals surface area contributed by atoms with Crippen LogP contribution in [0.2, 0.25) is 0 Å². The second-order valence-electron chi connectivity index (χ2n) is 7.50. The molecule has 1 aliphatic carbocycles. The van der Waals surface area contributed by atoms with Crippen molar-refractivity contribution in [3.05, 3.63) is 47.0 Å². The van der Waals surface area contributed by atoms with Crippen LogP contribution in [0, 0.1) is 11.3 Å². The Morgan fingerprint density at radius 2 is 2.00 bits per heavy atom. The summed E-state index contributed by atoms with van der Waals surface area (Å²) in [6.07, 6.45) is 2.52. The molecule has 1 aliphatic heterocycles. The molecule has 124 valence electrons. The van der Waals surface area contributed by atoms with Crippen LogP contribution in [0.4, 0.5) is 0 Å². The summed E-state index contributed by atoms with van der Waals surface area (Å²) in [6, 6.07) is 10.7. The van der Waals surface area contributed by atoms with E-state index in [0.717, 1.165) is 37.6 Å². The monoisotopic (exact) mass is 321 g/mol. The van der Waals surface area contributed by atoms with Gasteiger partial charge in [0.1, 0.15) is 11.6 Å². The summed E-state index contributed by atoms with van der Waals surface area (Å²) in [5.74, 6) is 2.92. The minimum atomic E-state index is -0.467. The van der Waals surface area contributed by atoms with Gasteiger partial charge in [0, 0.05) is 25.6 Å². The van der Waals surface area contributed by atoms with Gasteiger partial charge in [-0.25, -0.2) is 0 Å². The van der Waals surface area contributed by atoms with Gasteiger partial charge < -0.3 is 4.57 Å². The summed E-state index contributed by atoms with van der Waals surface area (Å²) in [6.45, 7) is 7.64. The number of hydrogen-bond acceptors (Lipinski definition) is 4. The SMILES string of the molecule is CC(C)(C#N)c1ccccc1CN1CCn2c(nnc2C2CC2)C1. The first-order valence-corrected chi connectivity index (χ1v) is 8.72. The quantitative estimate of drug-likeness (QED) is 0.868. The van der Waals surface area contributed by atoms with E-state index in [4.69, 9.17) is 0 Å². The van der Waals surface area contributed by atoms with Crippen LogP contribution < -0.4 is 0 Å². The van der Waals surface area contributed by atoms with E-state index in [9.17, 15) is 5.26 Å². The highest BCUT2D eigenvalue weighted by Crippen LogP contribution is 2.39. The van der Waals surface area contributed by atoms with Gasteiger partial charge in [-0.1, -0.05) is 24.3 Å². The minimum absolute atomic E-state index is 0.467. The molecule has 5 nitrogen and oxygen atoms in total. The average molecular weight is 321 g/mol. The van der Waals surface area contributed by atoms with Crippen LogP contribution in [0.1, 0.15) is 55.4 Å². The molecular formula is C19H23N5. The van der Waals surface area contributed by atoms with Crippen molar-refractivity contribution in [2.75, 3.05) is 6.54 Å². The van der Waals surface area contributed by atoms with Gasteiger partial charge in [-0.3, -0.25) is 4.90 Å². The van der Waals surface area contributed by atoms with Gasteiger partial charge in [0.2, 0.25) is 0 Å². The first-order valence-electron chi connectivity index (χ1n) is 8.72. The van der Waals surface area contributed by atoms with Crippen LogP contribution >= 0.6 is 0 Å². The number of aromatic nitrogens is 3. The molecule has 0 unspecified atom stereocenters. The number of hydrogen-bond donors (Lipinski definition) is 0. The van der Waals surface area contributed by atoms with Gasteiger partial charge in [0.15, 0.2) is 0 Å². The molecule has 0 radical (unpaired) electrons. The maximum Gasteiger partial charge on any atom is 0.147 e. The summed E-state index contributed by atoms with van der Waals surface area (Å²) >= 11 is 0. The lowest BCUT2D eigenvalue weighted by Crippen LogP contribution is -2.34. The normalized spacial score (nSPS) is 18.2. The van der Waals surface area contributed by atoms with Crippen LogP contribution in [0.15, 0.2) is 24.3 Å². The van der Waals surface area contributed by atoms with Gasteiger partial charge in [0.25, 0.3) is 0 Å². The fourth-order valence-electron chi connectivity index (χ4n) is 3.58. The van der Waals surface area contributed by atoms with Crippen molar-refractivity contribution < 1.29 is 0 Å². The lowest BCUT2D eigenvalue weighted by molar-refractivity contribution is 0.206. The fourth-order valence-corrected chi connectivity index (χ4v) is 3.58. The van der Waals surface area contributed by atoms with Crippen molar-refractivity contribution in [3.8, 4) is 6.07 Å². The summed E-state index contributed by atoms with van der Waals surface area (Å²) in [5, 5.41) is 18.3. The Morgan fingerprint density at radius 1 is 1.21 bits per heavy atom. The molecule has 0 spiro atoms. The molecule has 2 aliphatic rings. The molecule has 5 heteroatoms. The predicted octanol–water partition coefficient (Wildman–Crippen LogP) is 2.97. The van der Waals surface area contributed by atoms with Crippen LogP contribution in [-0.4, -0.2) is 26.2 Å². The maximum atomic E-state index is 9.48. The maximum absolute atomic E-state index is 9.48. The molecule has 0 saturated heterocycles. The molecule has 1 fully saturated rings. The second kappa shape index (κ2) is 5.71. The minimum Gasteiger partial charge on any atom is -0.312 e. The van der Waals surface area contributed by atoms with E-state index in [0.29, 0.717) is 5.92 Å². The van der Waals surface area contributed by atoms with E-state index in [2.05, 4.69) is 43.9 Å². The Morgan fingerprint density at radius 3 is 2.75 bits per heavy atom. The Bertz CT molecular complexity index is 794. The van der Waals surface area contributed by atoms with Crippen molar-refractivity contribution in [2.24, 2.45) is 0 Å². The molecule has 0 N–H and O–H groups in total. The Balaban J connectivity index is 1.54. The Labute approximate surface area is 142 Å². The molecule has 2 aromatic rings. The molecule has 0 amide bonds. The summed E-state index contributed by atoms with van der Waals surface area (Å²) in [4.78, 5) is 2.41. The van der Waals surface area contributed by atoms with E-state index >= 15 is 0 Å². The van der Waals surface area contributed by atoms with Gasteiger partial charge in [-0.15, -0.1) is 10.2 Å². The van der Waals surface area contributed by atoms with E-state index in [-0.39, 0.29) is 0 Å². The topological polar surface area (TPSA) is 57.7 Å². The highest BCUT2D eigenvalue weighted by Gasteiger charge is 2.32. The zero-order valence-corrected chi connectivity index (χ0v) is 14.4. The molecular weight excluding hydrogens is 298 g/mol. The summed E-state index contributed by atoms with van der Waals surface area (Å²) in [5.41, 5.74) is 1.89. The highest BCUT2D eigenvalue weighted by molar-refractivity contribution is 5.37. The van der Waals surface area contributed by atoms with E-state index in [1.807, 2.05) is 19.9 Å². The van der Waals surface area contributed by atoms with Gasteiger partial charge in [-0.2, -0.15) is 5.26 Å². The molecule has 0 bridgehead atoms. The van der Waals surface area contributed by atoms with Crippen LogP contribution in [-0.2, 0) is 25.0 Å². The zero-order valence-electron chi connectivity index (χ0n) is 14.4. The average Bonchev–Trinajstić information content (AvgIpc) is 3.35. The molecule has 4 rings (SSSR count). The fraction of sp³-hybridized carbons (Fsp3) is 0.526. The van der Waals surface area contributed by atoms with E-state index in [1.54, 1.807) is 0 Å². The van der Waals surface area contributed by atoms with Gasteiger partial charge in [-0.05, 0) is 37.8 Å². The first kappa shape index (κ1) is 15.3. The molecule has 1 aromatic carbocycles. The third-order valence-electron chi connectivity index (χ3n) is 5.17. The number of nitrogens with zero attached hydrogens (tertiary/aromatic N) is 5. The lowest BCUT2D eigenvalue weighted by Gasteiger charge is -2.29. The predicted molar refractivity (Wildman–Crippen MR) is 91.2 cm³/mol. The van der Waals surface area contributed by atoms with Gasteiger partial charge in [0.05, 0.1) is 18.0 Å². The van der Waals surface area contributed by atoms with Crippen LogP contribution in [0.3, 0.4) is 0 Å². The number of nitriles is 1. The largest absolute Gasteiger partial charge is 0.312 e. The van der Waals surface area contributed by atoms with Gasteiger partial charge >= 0.3 is 0 Å². The zero-order chi connectivity index (χ0) is 16.7. The summed E-state index contributed by atoms with van der Waals surface area (Å²) < 4.78 is 2.32. The molecule has 24 heavy (non-hydrogen) atoms. The van der Waals surface area contributed by atoms with E-state index < -0.39 is 5.41 Å².